The summed E-state index contributed by atoms with van der Waals surface area (Å²) in [6.45, 7) is 7.79. The van der Waals surface area contributed by atoms with Gasteiger partial charge in [0, 0.05) is 50.9 Å². The quantitative estimate of drug-likeness (QED) is 0.919. The highest BCUT2D eigenvalue weighted by molar-refractivity contribution is 5.74. The maximum Gasteiger partial charge on any atom is 0.317 e. The molecule has 0 radical (unpaired) electrons. The molecule has 22 heavy (non-hydrogen) atoms. The van der Waals surface area contributed by atoms with E-state index in [0.29, 0.717) is 6.61 Å². The zero-order chi connectivity index (χ0) is 15.9. The number of anilines is 1. The van der Waals surface area contributed by atoms with E-state index in [1.54, 1.807) is 7.11 Å². The molecule has 0 unspecified atom stereocenters. The van der Waals surface area contributed by atoms with E-state index in [9.17, 15) is 4.79 Å². The van der Waals surface area contributed by atoms with E-state index in [1.807, 2.05) is 31.0 Å². The average Bonchev–Trinajstić information content (AvgIpc) is 2.73. The van der Waals surface area contributed by atoms with Crippen LogP contribution in [0.2, 0.25) is 0 Å². The van der Waals surface area contributed by atoms with Crippen LogP contribution in [-0.4, -0.2) is 61.9 Å². The highest BCUT2D eigenvalue weighted by Gasteiger charge is 2.20. The number of aryl methyl sites for hydroxylation is 1. The number of carbonyl (C=O) groups excluding carboxylic acids is 1. The van der Waals surface area contributed by atoms with Crippen molar-refractivity contribution >= 4 is 11.7 Å². The summed E-state index contributed by atoms with van der Waals surface area (Å²) in [5.41, 5.74) is 2.20. The first-order chi connectivity index (χ1) is 10.6. The van der Waals surface area contributed by atoms with Gasteiger partial charge in [-0.25, -0.2) is 4.79 Å². The van der Waals surface area contributed by atoms with Gasteiger partial charge in [0.05, 0.1) is 12.6 Å². The number of aromatic nitrogens is 1. The molecule has 0 aliphatic carbocycles. The largest absolute Gasteiger partial charge is 0.383 e. The third-order valence-electron chi connectivity index (χ3n) is 3.82. The summed E-state index contributed by atoms with van der Waals surface area (Å²) in [4.78, 5) is 20.7. The van der Waals surface area contributed by atoms with Crippen molar-refractivity contribution in [1.82, 2.24) is 15.2 Å². The molecule has 1 aliphatic heterocycles. The topological polar surface area (TPSA) is 57.7 Å². The molecule has 122 valence electrons. The summed E-state index contributed by atoms with van der Waals surface area (Å²) < 4.78 is 5.06. The second kappa shape index (κ2) is 7.98. The fraction of sp³-hybridized carbons (Fsp3) is 0.625. The van der Waals surface area contributed by atoms with E-state index in [-0.39, 0.29) is 12.1 Å². The molecule has 0 spiro atoms. The van der Waals surface area contributed by atoms with Gasteiger partial charge in [0.1, 0.15) is 0 Å². The molecule has 1 N–H and O–H groups in total. The van der Waals surface area contributed by atoms with Crippen molar-refractivity contribution in [2.24, 2.45) is 0 Å². The summed E-state index contributed by atoms with van der Waals surface area (Å²) in [5.74, 6) is 0. The van der Waals surface area contributed by atoms with E-state index >= 15 is 0 Å². The maximum atomic E-state index is 12.3. The summed E-state index contributed by atoms with van der Waals surface area (Å²) in [6, 6.07) is 4.15. The molecule has 2 heterocycles. The van der Waals surface area contributed by atoms with Crippen molar-refractivity contribution in [3.63, 3.8) is 0 Å². The number of methoxy groups -OCH3 is 1. The van der Waals surface area contributed by atoms with Crippen LogP contribution < -0.4 is 10.2 Å². The number of carbonyl (C=O) groups is 1. The number of rotatable bonds is 4. The number of nitrogens with one attached hydrogen (secondary N) is 1. The van der Waals surface area contributed by atoms with Crippen molar-refractivity contribution in [2.75, 3.05) is 44.8 Å². The Hall–Kier alpha value is -1.82. The zero-order valence-electron chi connectivity index (χ0n) is 13.7. The maximum absolute atomic E-state index is 12.3. The number of amides is 2. The molecule has 1 fully saturated rings. The lowest BCUT2D eigenvalue weighted by Crippen LogP contribution is -2.46. The molecule has 1 aromatic heterocycles. The van der Waals surface area contributed by atoms with Crippen LogP contribution in [-0.2, 0) is 4.74 Å². The second-order valence-corrected chi connectivity index (χ2v) is 5.79. The first kappa shape index (κ1) is 16.5. The minimum atomic E-state index is -0.00249. The van der Waals surface area contributed by atoms with Crippen molar-refractivity contribution in [2.45, 2.75) is 26.3 Å². The minimum Gasteiger partial charge on any atom is -0.383 e. The first-order valence-electron chi connectivity index (χ1n) is 7.82. The SMILES string of the molecule is COC[C@@H](C)NC(=O)N1CCCN(c2ccnc(C)c2)CC1. The zero-order valence-corrected chi connectivity index (χ0v) is 13.7. The fourth-order valence-electron chi connectivity index (χ4n) is 2.70. The Bertz CT molecular complexity index is 495. The number of hydrogen-bond acceptors (Lipinski definition) is 4. The molecule has 0 aromatic carbocycles. The molecule has 0 bridgehead atoms. The summed E-state index contributed by atoms with van der Waals surface area (Å²) in [5, 5.41) is 2.98. The predicted octanol–water partition coefficient (Wildman–Crippen LogP) is 1.65. The van der Waals surface area contributed by atoms with Gasteiger partial charge in [-0.2, -0.15) is 0 Å². The lowest BCUT2D eigenvalue weighted by Gasteiger charge is -2.25. The number of urea groups is 1. The number of hydrogen-bond donors (Lipinski definition) is 1. The van der Waals surface area contributed by atoms with Crippen molar-refractivity contribution in [3.05, 3.63) is 24.0 Å². The van der Waals surface area contributed by atoms with Crippen LogP contribution in [0, 0.1) is 6.92 Å². The van der Waals surface area contributed by atoms with Crippen LogP contribution in [0.3, 0.4) is 0 Å². The van der Waals surface area contributed by atoms with Gasteiger partial charge in [-0.15, -0.1) is 0 Å². The number of nitrogens with zero attached hydrogens (tertiary/aromatic N) is 3. The first-order valence-corrected chi connectivity index (χ1v) is 7.82. The van der Waals surface area contributed by atoms with Crippen molar-refractivity contribution in [3.8, 4) is 0 Å². The van der Waals surface area contributed by atoms with Crippen LogP contribution in [0.4, 0.5) is 10.5 Å². The third-order valence-corrected chi connectivity index (χ3v) is 3.82. The van der Waals surface area contributed by atoms with E-state index in [1.165, 1.54) is 5.69 Å². The molecule has 2 rings (SSSR count). The molecular weight excluding hydrogens is 280 g/mol. The van der Waals surface area contributed by atoms with Crippen molar-refractivity contribution < 1.29 is 9.53 Å². The highest BCUT2D eigenvalue weighted by atomic mass is 16.5. The Balaban J connectivity index is 1.91. The van der Waals surface area contributed by atoms with Crippen LogP contribution in [0.1, 0.15) is 19.0 Å². The van der Waals surface area contributed by atoms with E-state index < -0.39 is 0 Å². The highest BCUT2D eigenvalue weighted by Crippen LogP contribution is 2.16. The van der Waals surface area contributed by atoms with Gasteiger partial charge in [-0.05, 0) is 32.4 Å². The van der Waals surface area contributed by atoms with Gasteiger partial charge in [0.15, 0.2) is 0 Å². The lowest BCUT2D eigenvalue weighted by molar-refractivity contribution is 0.160. The number of pyridine rings is 1. The summed E-state index contributed by atoms with van der Waals surface area (Å²) in [6.07, 6.45) is 2.81. The van der Waals surface area contributed by atoms with Gasteiger partial charge in [0.2, 0.25) is 0 Å². The van der Waals surface area contributed by atoms with Crippen LogP contribution in [0.15, 0.2) is 18.3 Å². The molecule has 1 atom stereocenters. The Morgan fingerprint density at radius 1 is 1.41 bits per heavy atom. The summed E-state index contributed by atoms with van der Waals surface area (Å²) in [7, 11) is 1.64. The minimum absolute atomic E-state index is 0.00249. The Kier molecular flexibility index (Phi) is 6.00. The van der Waals surface area contributed by atoms with Gasteiger partial charge in [-0.3, -0.25) is 4.98 Å². The molecule has 6 nitrogen and oxygen atoms in total. The monoisotopic (exact) mass is 306 g/mol. The fourth-order valence-corrected chi connectivity index (χ4v) is 2.70. The lowest BCUT2D eigenvalue weighted by atomic mass is 10.3. The normalized spacial score (nSPS) is 17.0. The second-order valence-electron chi connectivity index (χ2n) is 5.79. The Morgan fingerprint density at radius 2 is 2.23 bits per heavy atom. The van der Waals surface area contributed by atoms with E-state index in [4.69, 9.17) is 4.74 Å². The average molecular weight is 306 g/mol. The standard InChI is InChI=1S/C16H26N4O2/c1-13-11-15(5-6-17-13)19-7-4-8-20(10-9-19)16(21)18-14(2)12-22-3/h5-6,11,14H,4,7-10,12H2,1-3H3,(H,18,21)/t14-/m1/s1. The Morgan fingerprint density at radius 3 is 2.95 bits per heavy atom. The third kappa shape index (κ3) is 4.59. The molecule has 1 aliphatic rings. The number of ether oxygens (including phenoxy) is 1. The van der Waals surface area contributed by atoms with E-state index in [0.717, 1.165) is 38.3 Å². The Labute approximate surface area is 132 Å². The van der Waals surface area contributed by atoms with E-state index in [2.05, 4.69) is 21.3 Å². The van der Waals surface area contributed by atoms with Crippen LogP contribution >= 0.6 is 0 Å². The van der Waals surface area contributed by atoms with Crippen molar-refractivity contribution in [1.29, 1.82) is 0 Å². The molecule has 6 heteroatoms. The van der Waals surface area contributed by atoms with Gasteiger partial charge < -0.3 is 19.9 Å². The van der Waals surface area contributed by atoms with Gasteiger partial charge in [0.25, 0.3) is 0 Å². The molecule has 1 aromatic rings. The molecular formula is C16H26N4O2. The van der Waals surface area contributed by atoms with Gasteiger partial charge >= 0.3 is 6.03 Å². The molecule has 0 saturated carbocycles. The van der Waals surface area contributed by atoms with Crippen LogP contribution in [0.5, 0.6) is 0 Å². The molecule has 1 saturated heterocycles. The van der Waals surface area contributed by atoms with Gasteiger partial charge in [-0.1, -0.05) is 0 Å². The summed E-state index contributed by atoms with van der Waals surface area (Å²) >= 11 is 0. The smallest absolute Gasteiger partial charge is 0.317 e. The molecule has 2 amide bonds. The predicted molar refractivity (Wildman–Crippen MR) is 87.2 cm³/mol. The van der Waals surface area contributed by atoms with Crippen LogP contribution in [0.25, 0.3) is 0 Å².